The van der Waals surface area contributed by atoms with Gasteiger partial charge in [0, 0.05) is 6.04 Å². The molecular formula is C10H13NO2S. The first kappa shape index (κ1) is 9.52. The molecule has 1 N–H and O–H groups in total. The van der Waals surface area contributed by atoms with Gasteiger partial charge in [0.2, 0.25) is 0 Å². The molecule has 1 aromatic rings. The normalized spacial score (nSPS) is 23.7. The Balaban J connectivity index is 2.71. The standard InChI is InChI=1S/C10H13NO2S/c1-7-4-3-5-9-10(7)14(12,13)6-8(2)11-9/h3-5,8,11H,6H2,1-2H3. The lowest BCUT2D eigenvalue weighted by Crippen LogP contribution is -2.32. The third-order valence-electron chi connectivity index (χ3n) is 2.39. The van der Waals surface area contributed by atoms with Crippen molar-refractivity contribution in [2.45, 2.75) is 24.8 Å². The van der Waals surface area contributed by atoms with E-state index in [1.54, 1.807) is 0 Å². The molecule has 0 aliphatic carbocycles. The van der Waals surface area contributed by atoms with Crippen LogP contribution in [0.15, 0.2) is 23.1 Å². The van der Waals surface area contributed by atoms with E-state index in [0.717, 1.165) is 11.3 Å². The second-order valence-corrected chi connectivity index (χ2v) is 5.75. The Labute approximate surface area is 84.1 Å². The zero-order valence-electron chi connectivity index (χ0n) is 8.24. The highest BCUT2D eigenvalue weighted by atomic mass is 32.2. The lowest BCUT2D eigenvalue weighted by molar-refractivity contribution is 0.588. The third kappa shape index (κ3) is 1.39. The predicted octanol–water partition coefficient (Wildman–Crippen LogP) is 1.58. The van der Waals surface area contributed by atoms with Crippen molar-refractivity contribution in [1.29, 1.82) is 0 Å². The highest BCUT2D eigenvalue weighted by Crippen LogP contribution is 2.30. The Morgan fingerprint density at radius 1 is 1.43 bits per heavy atom. The van der Waals surface area contributed by atoms with Gasteiger partial charge in [0.15, 0.2) is 9.84 Å². The summed E-state index contributed by atoms with van der Waals surface area (Å²) in [5.74, 6) is 0.185. The summed E-state index contributed by atoms with van der Waals surface area (Å²) in [4.78, 5) is 0.470. The third-order valence-corrected chi connectivity index (χ3v) is 4.50. The second kappa shape index (κ2) is 2.98. The smallest absolute Gasteiger partial charge is 0.182 e. The quantitative estimate of drug-likeness (QED) is 0.708. The van der Waals surface area contributed by atoms with Crippen molar-refractivity contribution in [2.75, 3.05) is 11.1 Å². The van der Waals surface area contributed by atoms with Crippen LogP contribution in [-0.2, 0) is 9.84 Å². The van der Waals surface area contributed by atoms with Gasteiger partial charge in [-0.05, 0) is 25.5 Å². The monoisotopic (exact) mass is 211 g/mol. The van der Waals surface area contributed by atoms with E-state index >= 15 is 0 Å². The van der Waals surface area contributed by atoms with E-state index in [1.807, 2.05) is 32.0 Å². The average molecular weight is 211 g/mol. The Kier molecular flexibility index (Phi) is 2.03. The fraction of sp³-hybridized carbons (Fsp3) is 0.400. The molecule has 3 nitrogen and oxygen atoms in total. The van der Waals surface area contributed by atoms with Crippen molar-refractivity contribution in [2.24, 2.45) is 0 Å². The van der Waals surface area contributed by atoms with Crippen molar-refractivity contribution >= 4 is 15.5 Å². The zero-order valence-corrected chi connectivity index (χ0v) is 9.06. The van der Waals surface area contributed by atoms with Crippen LogP contribution >= 0.6 is 0 Å². The Morgan fingerprint density at radius 2 is 2.14 bits per heavy atom. The fourth-order valence-electron chi connectivity index (χ4n) is 1.90. The summed E-state index contributed by atoms with van der Waals surface area (Å²) >= 11 is 0. The predicted molar refractivity (Wildman–Crippen MR) is 56.3 cm³/mol. The summed E-state index contributed by atoms with van der Waals surface area (Å²) in [6.45, 7) is 3.71. The van der Waals surface area contributed by atoms with E-state index < -0.39 is 9.84 Å². The van der Waals surface area contributed by atoms with Crippen LogP contribution in [0, 0.1) is 6.92 Å². The van der Waals surface area contributed by atoms with Crippen LogP contribution in [-0.4, -0.2) is 20.2 Å². The van der Waals surface area contributed by atoms with Crippen LogP contribution in [0.5, 0.6) is 0 Å². The number of hydrogen-bond acceptors (Lipinski definition) is 3. The van der Waals surface area contributed by atoms with Crippen LogP contribution < -0.4 is 5.32 Å². The molecule has 0 amide bonds. The van der Waals surface area contributed by atoms with Crippen molar-refractivity contribution in [3.05, 3.63) is 23.8 Å². The molecule has 0 spiro atoms. The van der Waals surface area contributed by atoms with Gasteiger partial charge in [0.05, 0.1) is 16.3 Å². The van der Waals surface area contributed by atoms with Crippen LogP contribution in [0.1, 0.15) is 12.5 Å². The van der Waals surface area contributed by atoms with Crippen LogP contribution in [0.3, 0.4) is 0 Å². The number of rotatable bonds is 0. The molecule has 1 heterocycles. The molecule has 0 saturated carbocycles. The zero-order chi connectivity index (χ0) is 10.3. The van der Waals surface area contributed by atoms with E-state index in [2.05, 4.69) is 5.32 Å². The highest BCUT2D eigenvalue weighted by molar-refractivity contribution is 7.91. The van der Waals surface area contributed by atoms with Gasteiger partial charge in [-0.2, -0.15) is 0 Å². The van der Waals surface area contributed by atoms with Crippen LogP contribution in [0.2, 0.25) is 0 Å². The maximum Gasteiger partial charge on any atom is 0.182 e. The molecule has 0 fully saturated rings. The number of fused-ring (bicyclic) bond motifs is 1. The molecule has 0 aromatic heterocycles. The molecule has 4 heteroatoms. The summed E-state index contributed by atoms with van der Waals surface area (Å²) in [6.07, 6.45) is 0. The van der Waals surface area contributed by atoms with Crippen molar-refractivity contribution in [3.63, 3.8) is 0 Å². The van der Waals surface area contributed by atoms with E-state index in [4.69, 9.17) is 0 Å². The molecule has 14 heavy (non-hydrogen) atoms. The summed E-state index contributed by atoms with van der Waals surface area (Å²) in [5.41, 5.74) is 1.56. The number of hydrogen-bond donors (Lipinski definition) is 1. The fourth-order valence-corrected chi connectivity index (χ4v) is 3.83. The molecule has 0 saturated heterocycles. The van der Waals surface area contributed by atoms with Crippen molar-refractivity contribution in [1.82, 2.24) is 0 Å². The first-order valence-corrected chi connectivity index (χ1v) is 6.25. The van der Waals surface area contributed by atoms with E-state index in [1.165, 1.54) is 0 Å². The lowest BCUT2D eigenvalue weighted by Gasteiger charge is -2.25. The molecule has 1 aromatic carbocycles. The molecule has 1 aliphatic rings. The number of nitrogens with one attached hydrogen (secondary N) is 1. The van der Waals surface area contributed by atoms with Gasteiger partial charge in [-0.1, -0.05) is 12.1 Å². The largest absolute Gasteiger partial charge is 0.380 e. The summed E-state index contributed by atoms with van der Waals surface area (Å²) in [7, 11) is -3.08. The minimum Gasteiger partial charge on any atom is -0.380 e. The maximum atomic E-state index is 11.9. The average Bonchev–Trinajstić information content (AvgIpc) is 2.00. The molecule has 0 bridgehead atoms. The molecule has 1 aliphatic heterocycles. The van der Waals surface area contributed by atoms with Gasteiger partial charge in [-0.15, -0.1) is 0 Å². The van der Waals surface area contributed by atoms with Gasteiger partial charge < -0.3 is 5.32 Å². The molecular weight excluding hydrogens is 198 g/mol. The minimum atomic E-state index is -3.08. The number of aryl methyl sites for hydroxylation is 1. The topological polar surface area (TPSA) is 46.2 Å². The summed E-state index contributed by atoms with van der Waals surface area (Å²) < 4.78 is 23.7. The summed E-state index contributed by atoms with van der Waals surface area (Å²) in [6, 6.07) is 5.51. The van der Waals surface area contributed by atoms with E-state index in [9.17, 15) is 8.42 Å². The lowest BCUT2D eigenvalue weighted by atomic mass is 10.2. The number of benzene rings is 1. The van der Waals surface area contributed by atoms with Gasteiger partial charge >= 0.3 is 0 Å². The Hall–Kier alpha value is -1.03. The molecule has 1 unspecified atom stereocenters. The van der Waals surface area contributed by atoms with Gasteiger partial charge in [0.1, 0.15) is 0 Å². The van der Waals surface area contributed by atoms with Crippen LogP contribution in [0.25, 0.3) is 0 Å². The van der Waals surface area contributed by atoms with Gasteiger partial charge in [0.25, 0.3) is 0 Å². The Morgan fingerprint density at radius 3 is 2.86 bits per heavy atom. The molecule has 76 valence electrons. The second-order valence-electron chi connectivity index (χ2n) is 3.78. The first-order valence-electron chi connectivity index (χ1n) is 4.59. The van der Waals surface area contributed by atoms with Gasteiger partial charge in [-0.3, -0.25) is 0 Å². The van der Waals surface area contributed by atoms with E-state index in [0.29, 0.717) is 4.90 Å². The number of sulfone groups is 1. The number of anilines is 1. The van der Waals surface area contributed by atoms with E-state index in [-0.39, 0.29) is 11.8 Å². The Bertz CT molecular complexity index is 465. The SMILES string of the molecule is Cc1cccc2c1S(=O)(=O)CC(C)N2. The molecule has 1 atom stereocenters. The van der Waals surface area contributed by atoms with Crippen LogP contribution in [0.4, 0.5) is 5.69 Å². The summed E-state index contributed by atoms with van der Waals surface area (Å²) in [5, 5.41) is 3.18. The highest BCUT2D eigenvalue weighted by Gasteiger charge is 2.28. The van der Waals surface area contributed by atoms with Gasteiger partial charge in [-0.25, -0.2) is 8.42 Å². The van der Waals surface area contributed by atoms with Crippen molar-refractivity contribution in [3.8, 4) is 0 Å². The van der Waals surface area contributed by atoms with Crippen molar-refractivity contribution < 1.29 is 8.42 Å². The first-order chi connectivity index (χ1) is 6.50. The molecule has 0 radical (unpaired) electrons. The molecule has 2 rings (SSSR count). The minimum absolute atomic E-state index is 0.00528. The maximum absolute atomic E-state index is 11.9.